The molecule has 0 spiro atoms. The number of rotatable bonds is 4. The van der Waals surface area contributed by atoms with Crippen molar-refractivity contribution < 1.29 is 14.3 Å². The fraction of sp³-hybridized carbons (Fsp3) is 0.231. The molecule has 176 valence electrons. The minimum Gasteiger partial charge on any atom is -0.481 e. The number of aromatic amines is 1. The molecule has 1 fully saturated rings. The summed E-state index contributed by atoms with van der Waals surface area (Å²) in [5, 5.41) is 14.8. The van der Waals surface area contributed by atoms with Gasteiger partial charge in [0.05, 0.1) is 17.1 Å². The van der Waals surface area contributed by atoms with Crippen molar-refractivity contribution in [3.05, 3.63) is 66.5 Å². The van der Waals surface area contributed by atoms with Crippen molar-refractivity contribution in [1.82, 2.24) is 24.6 Å². The number of nitrogen functional groups attached to an aromatic ring is 1. The van der Waals surface area contributed by atoms with Crippen LogP contribution in [0.5, 0.6) is 0 Å². The zero-order valence-electron chi connectivity index (χ0n) is 18.8. The lowest BCUT2D eigenvalue weighted by molar-refractivity contribution is -0.142. The molecule has 8 nitrogen and oxygen atoms in total. The molecule has 0 amide bonds. The third-order valence-electron chi connectivity index (χ3n) is 6.97. The predicted molar refractivity (Wildman–Crippen MR) is 130 cm³/mol. The number of carbonyl (C=O) groups is 1. The minimum atomic E-state index is -0.740. The summed E-state index contributed by atoms with van der Waals surface area (Å²) in [4.78, 5) is 24.0. The summed E-state index contributed by atoms with van der Waals surface area (Å²) in [6, 6.07) is 14.4. The Morgan fingerprint density at radius 2 is 1.91 bits per heavy atom. The number of nitrogens with two attached hydrogens (primary N) is 1. The lowest BCUT2D eigenvalue weighted by atomic mass is 9.82. The van der Waals surface area contributed by atoms with Crippen LogP contribution in [0.4, 0.5) is 10.2 Å². The van der Waals surface area contributed by atoms with Crippen molar-refractivity contribution in [2.75, 3.05) is 5.73 Å². The first-order valence-corrected chi connectivity index (χ1v) is 11.6. The monoisotopic (exact) mass is 470 g/mol. The number of aliphatic carboxylic acids is 1. The number of imidazole rings is 1. The van der Waals surface area contributed by atoms with Crippen molar-refractivity contribution in [1.29, 1.82) is 0 Å². The van der Waals surface area contributed by atoms with Crippen LogP contribution in [0.3, 0.4) is 0 Å². The van der Waals surface area contributed by atoms with Gasteiger partial charge in [-0.05, 0) is 49.4 Å². The number of anilines is 1. The number of nitrogens with one attached hydrogen (secondary N) is 1. The molecule has 4 N–H and O–H groups in total. The first-order chi connectivity index (χ1) is 17.0. The lowest BCUT2D eigenvalue weighted by Crippen LogP contribution is -2.21. The molecule has 1 aliphatic rings. The van der Waals surface area contributed by atoms with Gasteiger partial charge in [-0.25, -0.2) is 18.9 Å². The average molecular weight is 471 g/mol. The zero-order chi connectivity index (χ0) is 24.1. The number of para-hydroxylation sites is 1. The highest BCUT2D eigenvalue weighted by molar-refractivity contribution is 5.98. The van der Waals surface area contributed by atoms with Crippen molar-refractivity contribution in [3.8, 4) is 22.5 Å². The molecule has 0 aliphatic heterocycles. The standard InChI is InChI=1S/C26H23FN6O2/c27-18-5-1-3-16(11-18)19-6-2-4-17-12-20(31-21(17)19)22-23-24(28)29-13-30-33(23)25(32-22)14-7-9-15(10-8-14)26(34)35/h1-6,11-15,31H,7-10H2,(H,34,35)(H2,28,29,30). The molecule has 0 bridgehead atoms. The van der Waals surface area contributed by atoms with Crippen LogP contribution in [0.15, 0.2) is 54.9 Å². The number of H-pyrrole nitrogens is 1. The van der Waals surface area contributed by atoms with Crippen molar-refractivity contribution in [2.24, 2.45) is 5.92 Å². The molecular formula is C26H23FN6O2. The number of fused-ring (bicyclic) bond motifs is 2. The van der Waals surface area contributed by atoms with Crippen molar-refractivity contribution in [2.45, 2.75) is 31.6 Å². The van der Waals surface area contributed by atoms with E-state index in [0.717, 1.165) is 46.4 Å². The number of nitrogens with zero attached hydrogens (tertiary/aromatic N) is 4. The molecule has 0 radical (unpaired) electrons. The number of halogens is 1. The molecule has 1 aliphatic carbocycles. The Bertz CT molecular complexity index is 1580. The predicted octanol–water partition coefficient (Wildman–Crippen LogP) is 5.02. The van der Waals surface area contributed by atoms with Gasteiger partial charge in [0.1, 0.15) is 29.2 Å². The van der Waals surface area contributed by atoms with E-state index in [1.165, 1.54) is 18.5 Å². The molecule has 1 saturated carbocycles. The summed E-state index contributed by atoms with van der Waals surface area (Å²) in [5.41, 5.74) is 10.8. The number of carboxylic acid groups (broad SMARTS) is 1. The van der Waals surface area contributed by atoms with Crippen LogP contribution in [0.2, 0.25) is 0 Å². The van der Waals surface area contributed by atoms with Gasteiger partial charge in [0.25, 0.3) is 0 Å². The van der Waals surface area contributed by atoms with Crippen molar-refractivity contribution >= 4 is 28.2 Å². The van der Waals surface area contributed by atoms with Gasteiger partial charge in [0, 0.05) is 16.9 Å². The average Bonchev–Trinajstić information content (AvgIpc) is 3.46. The Kier molecular flexibility index (Phi) is 4.98. The maximum absolute atomic E-state index is 13.9. The maximum Gasteiger partial charge on any atom is 0.306 e. The van der Waals surface area contributed by atoms with Gasteiger partial charge in [0.2, 0.25) is 0 Å². The zero-order valence-corrected chi connectivity index (χ0v) is 18.8. The van der Waals surface area contributed by atoms with Crippen LogP contribution in [0.1, 0.15) is 37.4 Å². The molecule has 35 heavy (non-hydrogen) atoms. The molecule has 0 atom stereocenters. The van der Waals surface area contributed by atoms with E-state index in [1.807, 2.05) is 30.3 Å². The van der Waals surface area contributed by atoms with E-state index in [9.17, 15) is 14.3 Å². The van der Waals surface area contributed by atoms with Gasteiger partial charge >= 0.3 is 5.97 Å². The number of benzene rings is 2. The van der Waals surface area contributed by atoms with Crippen LogP contribution >= 0.6 is 0 Å². The third-order valence-corrected chi connectivity index (χ3v) is 6.97. The molecule has 6 rings (SSSR count). The highest BCUT2D eigenvalue weighted by Crippen LogP contribution is 2.39. The van der Waals surface area contributed by atoms with Crippen LogP contribution < -0.4 is 5.73 Å². The largest absolute Gasteiger partial charge is 0.481 e. The van der Waals surface area contributed by atoms with E-state index in [4.69, 9.17) is 10.7 Å². The smallest absolute Gasteiger partial charge is 0.306 e. The summed E-state index contributed by atoms with van der Waals surface area (Å²) >= 11 is 0. The van der Waals surface area contributed by atoms with E-state index in [2.05, 4.69) is 15.1 Å². The fourth-order valence-electron chi connectivity index (χ4n) is 5.21. The maximum atomic E-state index is 13.9. The highest BCUT2D eigenvalue weighted by atomic mass is 19.1. The van der Waals surface area contributed by atoms with Crippen molar-refractivity contribution in [3.63, 3.8) is 0 Å². The molecule has 9 heteroatoms. The summed E-state index contributed by atoms with van der Waals surface area (Å²) < 4.78 is 15.6. The quantitative estimate of drug-likeness (QED) is 0.339. The number of hydrogen-bond acceptors (Lipinski definition) is 5. The Morgan fingerprint density at radius 3 is 2.69 bits per heavy atom. The molecular weight excluding hydrogens is 447 g/mol. The van der Waals surface area contributed by atoms with Crippen LogP contribution in [-0.2, 0) is 4.79 Å². The third kappa shape index (κ3) is 3.60. The second-order valence-corrected chi connectivity index (χ2v) is 9.07. The minimum absolute atomic E-state index is 0.0772. The first kappa shape index (κ1) is 21.3. The van der Waals surface area contributed by atoms with Gasteiger partial charge in [0.15, 0.2) is 5.82 Å². The van der Waals surface area contributed by atoms with Gasteiger partial charge in [-0.15, -0.1) is 0 Å². The van der Waals surface area contributed by atoms with E-state index < -0.39 is 5.97 Å². The van der Waals surface area contributed by atoms with Gasteiger partial charge < -0.3 is 15.8 Å². The van der Waals surface area contributed by atoms with Crippen LogP contribution in [-0.4, -0.2) is 35.6 Å². The molecule has 0 saturated heterocycles. The first-order valence-electron chi connectivity index (χ1n) is 11.6. The summed E-state index contributed by atoms with van der Waals surface area (Å²) in [5.74, 6) is -0.191. The molecule has 5 aromatic rings. The molecule has 3 aromatic heterocycles. The van der Waals surface area contributed by atoms with E-state index in [-0.39, 0.29) is 17.7 Å². The second kappa shape index (κ2) is 8.19. The Labute approximate surface area is 199 Å². The van der Waals surface area contributed by atoms with Crippen LogP contribution in [0, 0.1) is 11.7 Å². The van der Waals surface area contributed by atoms with E-state index in [0.29, 0.717) is 29.9 Å². The fourth-order valence-corrected chi connectivity index (χ4v) is 5.21. The van der Waals surface area contributed by atoms with Gasteiger partial charge in [-0.1, -0.05) is 30.3 Å². The summed E-state index contributed by atoms with van der Waals surface area (Å²) in [6.07, 6.45) is 4.06. The van der Waals surface area contributed by atoms with Crippen LogP contribution in [0.25, 0.3) is 38.9 Å². The number of hydrogen-bond donors (Lipinski definition) is 3. The normalized spacial score (nSPS) is 18.3. The SMILES string of the molecule is Nc1ncnn2c(C3CCC(C(=O)O)CC3)nc(-c3cc4cccc(-c5cccc(F)c5)c4[nH]3)c12. The topological polar surface area (TPSA) is 122 Å². The highest BCUT2D eigenvalue weighted by Gasteiger charge is 2.31. The Hall–Kier alpha value is -4.27. The molecule has 3 heterocycles. The molecule has 0 unspecified atom stereocenters. The molecule has 2 aromatic carbocycles. The summed E-state index contributed by atoms with van der Waals surface area (Å²) in [7, 11) is 0. The lowest BCUT2D eigenvalue weighted by Gasteiger charge is -2.24. The van der Waals surface area contributed by atoms with E-state index >= 15 is 0 Å². The van der Waals surface area contributed by atoms with Gasteiger partial charge in [-0.2, -0.15) is 5.10 Å². The second-order valence-electron chi connectivity index (χ2n) is 9.07. The Morgan fingerprint density at radius 1 is 1.11 bits per heavy atom. The summed E-state index contributed by atoms with van der Waals surface area (Å²) in [6.45, 7) is 0. The van der Waals surface area contributed by atoms with E-state index in [1.54, 1.807) is 10.6 Å². The van der Waals surface area contributed by atoms with Gasteiger partial charge in [-0.3, -0.25) is 4.79 Å². The Balaban J connectivity index is 1.47. The number of carboxylic acids is 1. The number of aromatic nitrogens is 5.